The van der Waals surface area contributed by atoms with Crippen LogP contribution in [0.5, 0.6) is 0 Å². The van der Waals surface area contributed by atoms with Gasteiger partial charge in [-0.25, -0.2) is 0 Å². The molecule has 0 saturated carbocycles. The van der Waals surface area contributed by atoms with Crippen molar-refractivity contribution in [3.8, 4) is 0 Å². The molecule has 0 unspecified atom stereocenters. The maximum Gasteiger partial charge on any atom is 0.306 e. The molecule has 1 heterocycles. The number of carbonyl (C=O) groups is 4. The van der Waals surface area contributed by atoms with Gasteiger partial charge >= 0.3 is 5.97 Å². The number of imide groups is 1. The highest BCUT2D eigenvalue weighted by atomic mass is 16.5. The summed E-state index contributed by atoms with van der Waals surface area (Å²) in [6, 6.07) is 0. The Bertz CT molecular complexity index is 367. The van der Waals surface area contributed by atoms with Gasteiger partial charge in [-0.05, 0) is 6.92 Å². The molecule has 6 heteroatoms. The molecule has 0 aromatic heterocycles. The Morgan fingerprint density at radius 2 is 1.76 bits per heavy atom. The van der Waals surface area contributed by atoms with Crippen molar-refractivity contribution in [3.63, 3.8) is 0 Å². The number of Topliss-reactive ketones (excluding diaryl/α,β-unsaturated/α-hetero) is 1. The van der Waals surface area contributed by atoms with E-state index in [-0.39, 0.29) is 31.8 Å². The molecule has 0 fully saturated rings. The van der Waals surface area contributed by atoms with E-state index in [4.69, 9.17) is 4.74 Å². The second kappa shape index (κ2) is 5.93. The van der Waals surface area contributed by atoms with E-state index in [0.717, 1.165) is 4.90 Å². The predicted molar refractivity (Wildman–Crippen MR) is 56.7 cm³/mol. The number of ether oxygens (including phenoxy) is 1. The largest absolute Gasteiger partial charge is 0.464 e. The first-order valence-corrected chi connectivity index (χ1v) is 5.19. The lowest BCUT2D eigenvalue weighted by Gasteiger charge is -2.13. The van der Waals surface area contributed by atoms with E-state index in [1.54, 1.807) is 0 Å². The van der Waals surface area contributed by atoms with Crippen molar-refractivity contribution in [2.45, 2.75) is 19.8 Å². The summed E-state index contributed by atoms with van der Waals surface area (Å²) in [7, 11) is 0. The Morgan fingerprint density at radius 1 is 1.18 bits per heavy atom. The summed E-state index contributed by atoms with van der Waals surface area (Å²) in [5.74, 6) is -1.41. The van der Waals surface area contributed by atoms with Crippen LogP contribution in [0.15, 0.2) is 12.2 Å². The van der Waals surface area contributed by atoms with Crippen LogP contribution in [0.3, 0.4) is 0 Å². The van der Waals surface area contributed by atoms with Gasteiger partial charge in [0, 0.05) is 18.6 Å². The molecule has 92 valence electrons. The molecule has 1 rings (SSSR count). The van der Waals surface area contributed by atoms with Crippen LogP contribution in [-0.2, 0) is 23.9 Å². The normalized spacial score (nSPS) is 14.3. The van der Waals surface area contributed by atoms with E-state index in [9.17, 15) is 19.2 Å². The molecule has 0 atom stereocenters. The fraction of sp³-hybridized carbons (Fsp3) is 0.455. The monoisotopic (exact) mass is 239 g/mol. The third-order valence-electron chi connectivity index (χ3n) is 2.16. The number of rotatable bonds is 6. The molecule has 0 bridgehead atoms. The van der Waals surface area contributed by atoms with Gasteiger partial charge in [-0.2, -0.15) is 0 Å². The van der Waals surface area contributed by atoms with E-state index in [0.29, 0.717) is 0 Å². The molecule has 6 nitrogen and oxygen atoms in total. The summed E-state index contributed by atoms with van der Waals surface area (Å²) < 4.78 is 4.79. The Kier molecular flexibility index (Phi) is 4.56. The van der Waals surface area contributed by atoms with Gasteiger partial charge in [0.1, 0.15) is 12.4 Å². The van der Waals surface area contributed by atoms with Gasteiger partial charge in [0.25, 0.3) is 11.8 Å². The van der Waals surface area contributed by atoms with Gasteiger partial charge in [-0.15, -0.1) is 0 Å². The molecule has 17 heavy (non-hydrogen) atoms. The molecule has 0 spiro atoms. The first-order valence-electron chi connectivity index (χ1n) is 5.19. The third kappa shape index (κ3) is 4.18. The minimum Gasteiger partial charge on any atom is -0.464 e. The van der Waals surface area contributed by atoms with Crippen LogP contribution < -0.4 is 0 Å². The number of esters is 1. The minimum atomic E-state index is -0.507. The van der Waals surface area contributed by atoms with Crippen LogP contribution in [0.25, 0.3) is 0 Å². The fourth-order valence-corrected chi connectivity index (χ4v) is 1.25. The topological polar surface area (TPSA) is 80.8 Å². The molecular weight excluding hydrogens is 226 g/mol. The van der Waals surface area contributed by atoms with Gasteiger partial charge in [0.15, 0.2) is 0 Å². The van der Waals surface area contributed by atoms with Crippen molar-refractivity contribution in [2.24, 2.45) is 0 Å². The first-order chi connectivity index (χ1) is 8.00. The molecule has 0 aromatic carbocycles. The van der Waals surface area contributed by atoms with Gasteiger partial charge in [-0.3, -0.25) is 19.3 Å². The molecule has 0 radical (unpaired) electrons. The van der Waals surface area contributed by atoms with Crippen molar-refractivity contribution >= 4 is 23.6 Å². The Hall–Kier alpha value is -1.98. The molecule has 0 saturated heterocycles. The number of nitrogens with zero attached hydrogens (tertiary/aromatic N) is 1. The smallest absolute Gasteiger partial charge is 0.306 e. The first kappa shape index (κ1) is 13.1. The lowest BCUT2D eigenvalue weighted by molar-refractivity contribution is -0.148. The number of ketones is 1. The van der Waals surface area contributed by atoms with Crippen molar-refractivity contribution in [2.75, 3.05) is 13.2 Å². The van der Waals surface area contributed by atoms with E-state index in [2.05, 4.69) is 0 Å². The zero-order valence-corrected chi connectivity index (χ0v) is 9.47. The highest BCUT2D eigenvalue weighted by Crippen LogP contribution is 2.03. The summed E-state index contributed by atoms with van der Waals surface area (Å²) in [5.41, 5.74) is 0. The molecule has 0 aromatic rings. The molecule has 0 N–H and O–H groups in total. The average Bonchev–Trinajstić information content (AvgIpc) is 2.57. The zero-order chi connectivity index (χ0) is 12.8. The summed E-state index contributed by atoms with van der Waals surface area (Å²) in [5, 5.41) is 0. The van der Waals surface area contributed by atoms with E-state index < -0.39 is 17.8 Å². The average molecular weight is 239 g/mol. The molecule has 1 aliphatic rings. The van der Waals surface area contributed by atoms with Crippen molar-refractivity contribution in [1.29, 1.82) is 0 Å². The maximum absolute atomic E-state index is 11.1. The number of hydrogen-bond acceptors (Lipinski definition) is 5. The second-order valence-electron chi connectivity index (χ2n) is 3.58. The lowest BCUT2D eigenvalue weighted by Crippen LogP contribution is -2.33. The van der Waals surface area contributed by atoms with Crippen LogP contribution in [-0.4, -0.2) is 41.6 Å². The summed E-state index contributed by atoms with van der Waals surface area (Å²) in [6.45, 7) is 1.38. The maximum atomic E-state index is 11.1. The van der Waals surface area contributed by atoms with Crippen molar-refractivity contribution < 1.29 is 23.9 Å². The van der Waals surface area contributed by atoms with Gasteiger partial charge in [-0.1, -0.05) is 0 Å². The van der Waals surface area contributed by atoms with Gasteiger partial charge < -0.3 is 9.53 Å². The predicted octanol–water partition coefficient (Wildman–Crippen LogP) is -0.176. The summed E-state index contributed by atoms with van der Waals surface area (Å²) >= 11 is 0. The van der Waals surface area contributed by atoms with Crippen LogP contribution in [0.4, 0.5) is 0 Å². The van der Waals surface area contributed by atoms with Gasteiger partial charge in [0.2, 0.25) is 0 Å². The Morgan fingerprint density at radius 3 is 2.29 bits per heavy atom. The van der Waals surface area contributed by atoms with Gasteiger partial charge in [0.05, 0.1) is 13.0 Å². The third-order valence-corrected chi connectivity index (χ3v) is 2.16. The van der Waals surface area contributed by atoms with Crippen LogP contribution >= 0.6 is 0 Å². The highest BCUT2D eigenvalue weighted by molar-refractivity contribution is 6.12. The molecule has 2 amide bonds. The van der Waals surface area contributed by atoms with Crippen LogP contribution in [0.1, 0.15) is 19.8 Å². The molecular formula is C11H13NO5. The lowest BCUT2D eigenvalue weighted by atomic mass is 10.2. The number of amides is 2. The summed E-state index contributed by atoms with van der Waals surface area (Å²) in [6.07, 6.45) is 2.50. The molecule has 0 aliphatic carbocycles. The van der Waals surface area contributed by atoms with E-state index >= 15 is 0 Å². The Labute approximate surface area is 98.2 Å². The minimum absolute atomic E-state index is 0.0233. The second-order valence-corrected chi connectivity index (χ2v) is 3.58. The summed E-state index contributed by atoms with van der Waals surface area (Å²) in [4.78, 5) is 44.9. The standard InChI is InChI=1S/C11H13NO5/c1-8(13)2-5-11(16)17-7-6-12-9(14)3-4-10(12)15/h3-4H,2,5-7H2,1H3. The van der Waals surface area contributed by atoms with E-state index in [1.807, 2.05) is 0 Å². The number of hydrogen-bond donors (Lipinski definition) is 0. The van der Waals surface area contributed by atoms with Crippen LogP contribution in [0, 0.1) is 0 Å². The van der Waals surface area contributed by atoms with Crippen molar-refractivity contribution in [3.05, 3.63) is 12.2 Å². The highest BCUT2D eigenvalue weighted by Gasteiger charge is 2.22. The molecule has 1 aliphatic heterocycles. The zero-order valence-electron chi connectivity index (χ0n) is 9.47. The SMILES string of the molecule is CC(=O)CCC(=O)OCCN1C(=O)C=CC1=O. The fourth-order valence-electron chi connectivity index (χ4n) is 1.25. The van der Waals surface area contributed by atoms with Crippen molar-refractivity contribution in [1.82, 2.24) is 4.90 Å². The van der Waals surface area contributed by atoms with E-state index in [1.165, 1.54) is 19.1 Å². The van der Waals surface area contributed by atoms with Crippen LogP contribution in [0.2, 0.25) is 0 Å². The Balaban J connectivity index is 2.20. The number of carbonyl (C=O) groups excluding carboxylic acids is 4. The quantitative estimate of drug-likeness (QED) is 0.474.